The monoisotopic (exact) mass is 303 g/mol. The van der Waals surface area contributed by atoms with Gasteiger partial charge in [-0.2, -0.15) is 11.8 Å². The van der Waals surface area contributed by atoms with Gasteiger partial charge in [0.2, 0.25) is 10.0 Å². The van der Waals surface area contributed by atoms with Crippen LogP contribution in [0, 0.1) is 0 Å². The van der Waals surface area contributed by atoms with Crippen LogP contribution in [0.25, 0.3) is 0 Å². The number of pyridine rings is 1. The number of nitrogens with zero attached hydrogens (tertiary/aromatic N) is 1. The molecule has 5 nitrogen and oxygen atoms in total. The van der Waals surface area contributed by atoms with Gasteiger partial charge in [-0.15, -0.1) is 0 Å². The molecule has 108 valence electrons. The molecule has 1 heterocycles. The van der Waals surface area contributed by atoms with Crippen molar-refractivity contribution in [1.29, 1.82) is 0 Å². The Hall–Kier alpha value is -0.790. The number of nitrogens with two attached hydrogens (primary N) is 1. The van der Waals surface area contributed by atoms with Crippen LogP contribution in [0.4, 0.5) is 5.82 Å². The highest BCUT2D eigenvalue weighted by Crippen LogP contribution is 2.14. The summed E-state index contributed by atoms with van der Waals surface area (Å²) >= 11 is 1.84. The molecule has 0 aliphatic rings. The molecule has 0 aliphatic heterocycles. The van der Waals surface area contributed by atoms with E-state index in [9.17, 15) is 8.42 Å². The summed E-state index contributed by atoms with van der Waals surface area (Å²) in [7, 11) is -3.53. The van der Waals surface area contributed by atoms with Crippen LogP contribution in [-0.4, -0.2) is 32.0 Å². The highest BCUT2D eigenvalue weighted by Gasteiger charge is 2.16. The summed E-state index contributed by atoms with van der Waals surface area (Å²) < 4.78 is 26.5. The molecule has 0 saturated carbocycles. The molecule has 1 aromatic heterocycles. The third-order valence-corrected chi connectivity index (χ3v) is 4.86. The number of hydrogen-bond acceptors (Lipinski definition) is 5. The molecule has 0 bridgehead atoms. The fraction of sp³-hybridized carbons (Fsp3) is 0.583. The molecule has 19 heavy (non-hydrogen) atoms. The van der Waals surface area contributed by atoms with Crippen molar-refractivity contribution in [2.75, 3.05) is 24.3 Å². The van der Waals surface area contributed by atoms with E-state index < -0.39 is 10.0 Å². The predicted octanol–water partition coefficient (Wildman–Crippen LogP) is 1.87. The molecule has 0 radical (unpaired) electrons. The van der Waals surface area contributed by atoms with Gasteiger partial charge in [-0.05, 0) is 37.0 Å². The molecule has 0 spiro atoms. The standard InChI is InChI=1S/C12H21N3O2S2/c1-18-10-5-3-2-4-9-15-19(16,17)11-7-6-8-14-12(11)13/h6-8,15H,2-5,9-10H2,1H3,(H2,13,14). The molecule has 7 heteroatoms. The van der Waals surface area contributed by atoms with E-state index in [1.54, 1.807) is 6.07 Å². The van der Waals surface area contributed by atoms with E-state index in [1.165, 1.54) is 18.7 Å². The van der Waals surface area contributed by atoms with E-state index >= 15 is 0 Å². The first-order chi connectivity index (χ1) is 9.08. The topological polar surface area (TPSA) is 85.1 Å². The maximum Gasteiger partial charge on any atom is 0.244 e. The van der Waals surface area contributed by atoms with Crippen molar-refractivity contribution in [2.45, 2.75) is 30.6 Å². The number of anilines is 1. The average Bonchev–Trinajstić information content (AvgIpc) is 2.38. The number of nitrogen functional groups attached to an aromatic ring is 1. The van der Waals surface area contributed by atoms with Crippen LogP contribution >= 0.6 is 11.8 Å². The summed E-state index contributed by atoms with van der Waals surface area (Å²) in [5, 5.41) is 0. The molecule has 0 aliphatic carbocycles. The summed E-state index contributed by atoms with van der Waals surface area (Å²) in [6.45, 7) is 0.440. The van der Waals surface area contributed by atoms with Crippen molar-refractivity contribution in [1.82, 2.24) is 9.71 Å². The molecule has 3 N–H and O–H groups in total. The van der Waals surface area contributed by atoms with E-state index in [-0.39, 0.29) is 10.7 Å². The molecule has 0 atom stereocenters. The number of hydrogen-bond donors (Lipinski definition) is 2. The van der Waals surface area contributed by atoms with Crippen LogP contribution in [0.15, 0.2) is 23.2 Å². The minimum atomic E-state index is -3.53. The average molecular weight is 303 g/mol. The van der Waals surface area contributed by atoms with Gasteiger partial charge in [-0.1, -0.05) is 12.8 Å². The lowest BCUT2D eigenvalue weighted by Gasteiger charge is -2.08. The zero-order valence-corrected chi connectivity index (χ0v) is 12.8. The largest absolute Gasteiger partial charge is 0.383 e. The van der Waals surface area contributed by atoms with E-state index in [2.05, 4.69) is 16.0 Å². The lowest BCUT2D eigenvalue weighted by molar-refractivity contribution is 0.574. The van der Waals surface area contributed by atoms with Crippen molar-refractivity contribution in [2.24, 2.45) is 0 Å². The number of thioether (sulfide) groups is 1. The number of aromatic nitrogens is 1. The quantitative estimate of drug-likeness (QED) is 0.680. The molecule has 0 saturated heterocycles. The lowest BCUT2D eigenvalue weighted by atomic mass is 10.2. The first-order valence-electron chi connectivity index (χ1n) is 6.27. The smallest absolute Gasteiger partial charge is 0.244 e. The molecule has 0 unspecified atom stereocenters. The normalized spacial score (nSPS) is 11.6. The Balaban J connectivity index is 2.34. The number of sulfonamides is 1. The van der Waals surface area contributed by atoms with Crippen molar-refractivity contribution >= 4 is 27.6 Å². The highest BCUT2D eigenvalue weighted by molar-refractivity contribution is 7.98. The van der Waals surface area contributed by atoms with Gasteiger partial charge in [0.15, 0.2) is 0 Å². The number of nitrogens with one attached hydrogen (secondary N) is 1. The zero-order chi connectivity index (χ0) is 14.1. The van der Waals surface area contributed by atoms with Crippen LogP contribution < -0.4 is 10.5 Å². The van der Waals surface area contributed by atoms with Gasteiger partial charge >= 0.3 is 0 Å². The Morgan fingerprint density at radius 2 is 2.05 bits per heavy atom. The fourth-order valence-corrected chi connectivity index (χ4v) is 3.29. The first kappa shape index (κ1) is 16.3. The maximum absolute atomic E-state index is 12.0. The van der Waals surface area contributed by atoms with Crippen molar-refractivity contribution in [3.63, 3.8) is 0 Å². The lowest BCUT2D eigenvalue weighted by Crippen LogP contribution is -2.25. The summed E-state index contributed by atoms with van der Waals surface area (Å²) in [6, 6.07) is 3.02. The molecule has 0 aromatic carbocycles. The summed E-state index contributed by atoms with van der Waals surface area (Å²) in [4.78, 5) is 3.83. The van der Waals surface area contributed by atoms with Gasteiger partial charge in [0.1, 0.15) is 10.7 Å². The van der Waals surface area contributed by atoms with Crippen molar-refractivity contribution in [3.8, 4) is 0 Å². The van der Waals surface area contributed by atoms with Crippen LogP contribution in [0.3, 0.4) is 0 Å². The van der Waals surface area contributed by atoms with Gasteiger partial charge in [-0.3, -0.25) is 0 Å². The van der Waals surface area contributed by atoms with Gasteiger partial charge < -0.3 is 5.73 Å². The molecule has 0 amide bonds. The molecule has 1 aromatic rings. The molecular weight excluding hydrogens is 282 g/mol. The van der Waals surface area contributed by atoms with E-state index in [0.717, 1.165) is 25.0 Å². The number of rotatable bonds is 9. The summed E-state index contributed by atoms with van der Waals surface area (Å²) in [6.07, 6.45) is 7.76. The molecule has 0 fully saturated rings. The highest BCUT2D eigenvalue weighted by atomic mass is 32.2. The first-order valence-corrected chi connectivity index (χ1v) is 9.14. The third kappa shape index (κ3) is 5.80. The Kier molecular flexibility index (Phi) is 7.19. The van der Waals surface area contributed by atoms with Crippen LogP contribution in [-0.2, 0) is 10.0 Å². The van der Waals surface area contributed by atoms with Gasteiger partial charge in [0.25, 0.3) is 0 Å². The van der Waals surface area contributed by atoms with Gasteiger partial charge in [0, 0.05) is 12.7 Å². The minimum Gasteiger partial charge on any atom is -0.383 e. The van der Waals surface area contributed by atoms with Crippen LogP contribution in [0.5, 0.6) is 0 Å². The zero-order valence-electron chi connectivity index (χ0n) is 11.1. The molecular formula is C12H21N3O2S2. The van der Waals surface area contributed by atoms with E-state index in [4.69, 9.17) is 5.73 Å². The third-order valence-electron chi connectivity index (χ3n) is 2.66. The van der Waals surface area contributed by atoms with E-state index in [0.29, 0.717) is 6.54 Å². The second-order valence-electron chi connectivity index (χ2n) is 4.19. The second kappa shape index (κ2) is 8.39. The van der Waals surface area contributed by atoms with Gasteiger partial charge in [0.05, 0.1) is 0 Å². The Morgan fingerprint density at radius 3 is 2.74 bits per heavy atom. The van der Waals surface area contributed by atoms with Crippen LogP contribution in [0.1, 0.15) is 25.7 Å². The minimum absolute atomic E-state index is 0.0370. The van der Waals surface area contributed by atoms with Crippen LogP contribution in [0.2, 0.25) is 0 Å². The summed E-state index contributed by atoms with van der Waals surface area (Å²) in [5.41, 5.74) is 5.56. The van der Waals surface area contributed by atoms with Crippen molar-refractivity contribution < 1.29 is 8.42 Å². The molecule has 1 rings (SSSR count). The SMILES string of the molecule is CSCCCCCCNS(=O)(=O)c1cccnc1N. The second-order valence-corrected chi connectivity index (χ2v) is 6.91. The summed E-state index contributed by atoms with van der Waals surface area (Å²) in [5.74, 6) is 1.20. The Bertz CT molecular complexity index is 478. The maximum atomic E-state index is 12.0. The Morgan fingerprint density at radius 1 is 1.32 bits per heavy atom. The van der Waals surface area contributed by atoms with Crippen molar-refractivity contribution in [3.05, 3.63) is 18.3 Å². The Labute approximate surface area is 119 Å². The number of unbranched alkanes of at least 4 members (excludes halogenated alkanes) is 3. The fourth-order valence-electron chi connectivity index (χ4n) is 1.64. The van der Waals surface area contributed by atoms with Gasteiger partial charge in [-0.25, -0.2) is 18.1 Å². The van der Waals surface area contributed by atoms with E-state index in [1.807, 2.05) is 11.8 Å². The predicted molar refractivity (Wildman–Crippen MR) is 80.7 cm³/mol.